The van der Waals surface area contributed by atoms with Crippen LogP contribution in [0.5, 0.6) is 0 Å². The fourth-order valence-corrected chi connectivity index (χ4v) is 8.51. The maximum absolute atomic E-state index is 2.60. The molecule has 0 amide bonds. The first-order chi connectivity index (χ1) is 24.8. The van der Waals surface area contributed by atoms with Crippen molar-refractivity contribution in [1.29, 1.82) is 0 Å². The number of para-hydroxylation sites is 1. The number of benzene rings is 6. The van der Waals surface area contributed by atoms with Crippen LogP contribution < -0.4 is 4.90 Å². The Morgan fingerprint density at radius 2 is 1.12 bits per heavy atom. The van der Waals surface area contributed by atoms with Gasteiger partial charge in [-0.25, -0.2) is 0 Å². The van der Waals surface area contributed by atoms with Crippen LogP contribution in [0.25, 0.3) is 55.3 Å². The standard InChI is InChI=1S/C48H36N2/c1-3-12-33(13-4-1)35-22-26-39(27-23-35)49-45-20-9-7-18-41(45)43-31-37(24-28-47(43)49)38-25-29-48-44(32-38)42-19-8-10-21-46(42)50(48)40-17-11-16-36(30-40)34-14-5-2-6-15-34/h1-23,25-27,29-32,41,45H,24,28H2. The van der Waals surface area contributed by atoms with Crippen molar-refractivity contribution in [2.45, 2.75) is 18.9 Å². The predicted octanol–water partition coefficient (Wildman–Crippen LogP) is 12.2. The molecular weight excluding hydrogens is 605 g/mol. The zero-order valence-corrected chi connectivity index (χ0v) is 27.8. The van der Waals surface area contributed by atoms with Crippen LogP contribution in [0, 0.1) is 5.92 Å². The summed E-state index contributed by atoms with van der Waals surface area (Å²) in [5, 5.41) is 2.59. The number of allylic oxidation sites excluding steroid dienone is 5. The van der Waals surface area contributed by atoms with Crippen molar-refractivity contribution in [2.75, 3.05) is 4.90 Å². The first-order valence-electron chi connectivity index (χ1n) is 17.7. The lowest BCUT2D eigenvalue weighted by Gasteiger charge is -2.31. The summed E-state index contributed by atoms with van der Waals surface area (Å²) >= 11 is 0. The second kappa shape index (κ2) is 11.8. The highest BCUT2D eigenvalue weighted by molar-refractivity contribution is 6.10. The number of nitrogens with zero attached hydrogens (tertiary/aromatic N) is 2. The quantitative estimate of drug-likeness (QED) is 0.182. The van der Waals surface area contributed by atoms with Gasteiger partial charge in [-0.1, -0.05) is 140 Å². The van der Waals surface area contributed by atoms with Gasteiger partial charge >= 0.3 is 0 Å². The molecule has 238 valence electrons. The molecular formula is C48H36N2. The van der Waals surface area contributed by atoms with E-state index >= 15 is 0 Å². The third-order valence-electron chi connectivity index (χ3n) is 10.9. The number of hydrogen-bond donors (Lipinski definition) is 0. The molecule has 2 heterocycles. The molecule has 10 rings (SSSR count). The van der Waals surface area contributed by atoms with Crippen LogP contribution >= 0.6 is 0 Å². The molecule has 1 aliphatic heterocycles. The lowest BCUT2D eigenvalue weighted by Crippen LogP contribution is -2.32. The van der Waals surface area contributed by atoms with Crippen LogP contribution in [0.2, 0.25) is 0 Å². The molecule has 0 radical (unpaired) electrons. The monoisotopic (exact) mass is 640 g/mol. The van der Waals surface area contributed by atoms with E-state index in [1.807, 2.05) is 0 Å². The van der Waals surface area contributed by atoms with Gasteiger partial charge in [0.2, 0.25) is 0 Å². The predicted molar refractivity (Wildman–Crippen MR) is 210 cm³/mol. The maximum Gasteiger partial charge on any atom is 0.0626 e. The van der Waals surface area contributed by atoms with Crippen LogP contribution in [0.15, 0.2) is 193 Å². The van der Waals surface area contributed by atoms with Gasteiger partial charge in [0, 0.05) is 33.8 Å². The summed E-state index contributed by atoms with van der Waals surface area (Å²) in [5.74, 6) is 0.349. The second-order valence-electron chi connectivity index (χ2n) is 13.6. The molecule has 0 saturated heterocycles. The largest absolute Gasteiger partial charge is 0.337 e. The van der Waals surface area contributed by atoms with E-state index in [0.29, 0.717) is 12.0 Å². The average molecular weight is 641 g/mol. The molecule has 50 heavy (non-hydrogen) atoms. The first kappa shape index (κ1) is 28.9. The minimum atomic E-state index is 0.301. The smallest absolute Gasteiger partial charge is 0.0626 e. The molecule has 0 bridgehead atoms. The summed E-state index contributed by atoms with van der Waals surface area (Å²) < 4.78 is 2.43. The van der Waals surface area contributed by atoms with Crippen LogP contribution in [0.1, 0.15) is 18.4 Å². The van der Waals surface area contributed by atoms with Crippen molar-refractivity contribution in [3.63, 3.8) is 0 Å². The molecule has 0 spiro atoms. The summed E-state index contributed by atoms with van der Waals surface area (Å²) in [6.07, 6.45) is 13.8. The van der Waals surface area contributed by atoms with Gasteiger partial charge in [-0.05, 0) is 94.3 Å². The van der Waals surface area contributed by atoms with Crippen LogP contribution in [0.3, 0.4) is 0 Å². The highest BCUT2D eigenvalue weighted by atomic mass is 15.2. The van der Waals surface area contributed by atoms with Gasteiger partial charge in [-0.2, -0.15) is 0 Å². The molecule has 3 aliphatic rings. The SMILES string of the molecule is C1=CC2C3=C(CCC(c4ccc5c(c4)c4ccccc4n5-c4cccc(-c5ccccc5)c4)=C3)N(c3ccc(-c4ccccc4)cc3)C2C=C1. The zero-order valence-electron chi connectivity index (χ0n) is 27.8. The van der Waals surface area contributed by atoms with Crippen molar-refractivity contribution in [3.8, 4) is 27.9 Å². The highest BCUT2D eigenvalue weighted by Crippen LogP contribution is 2.48. The van der Waals surface area contributed by atoms with Gasteiger partial charge in [-0.3, -0.25) is 0 Å². The van der Waals surface area contributed by atoms with Gasteiger partial charge < -0.3 is 9.47 Å². The molecule has 0 fully saturated rings. The Morgan fingerprint density at radius 1 is 0.460 bits per heavy atom. The van der Waals surface area contributed by atoms with E-state index in [2.05, 4.69) is 192 Å². The van der Waals surface area contributed by atoms with Crippen molar-refractivity contribution in [3.05, 3.63) is 199 Å². The second-order valence-corrected chi connectivity index (χ2v) is 13.6. The number of anilines is 1. The number of rotatable bonds is 5. The topological polar surface area (TPSA) is 8.17 Å². The maximum atomic E-state index is 2.60. The van der Waals surface area contributed by atoms with Crippen LogP contribution in [-0.2, 0) is 0 Å². The van der Waals surface area contributed by atoms with Crippen LogP contribution in [0.4, 0.5) is 5.69 Å². The molecule has 2 heteroatoms. The van der Waals surface area contributed by atoms with Gasteiger partial charge in [0.1, 0.15) is 0 Å². The van der Waals surface area contributed by atoms with Gasteiger partial charge in [0.25, 0.3) is 0 Å². The van der Waals surface area contributed by atoms with E-state index in [1.54, 1.807) is 0 Å². The van der Waals surface area contributed by atoms with Crippen molar-refractivity contribution in [2.24, 2.45) is 5.92 Å². The molecule has 6 aromatic carbocycles. The summed E-state index contributed by atoms with van der Waals surface area (Å²) in [4.78, 5) is 2.60. The Bertz CT molecular complexity index is 2530. The van der Waals surface area contributed by atoms with Gasteiger partial charge in [0.15, 0.2) is 0 Å². The molecule has 1 aromatic heterocycles. The third kappa shape index (κ3) is 4.71. The molecule has 0 saturated carbocycles. The van der Waals surface area contributed by atoms with E-state index in [0.717, 1.165) is 12.8 Å². The van der Waals surface area contributed by atoms with Crippen molar-refractivity contribution in [1.82, 2.24) is 4.57 Å². The Morgan fingerprint density at radius 3 is 1.94 bits per heavy atom. The highest BCUT2D eigenvalue weighted by Gasteiger charge is 2.39. The summed E-state index contributed by atoms with van der Waals surface area (Å²) in [6, 6.07) is 55.7. The van der Waals surface area contributed by atoms with E-state index in [4.69, 9.17) is 0 Å². The summed E-state index contributed by atoms with van der Waals surface area (Å²) in [6.45, 7) is 0. The molecule has 2 nitrogen and oxygen atoms in total. The molecule has 2 aliphatic carbocycles. The molecule has 2 atom stereocenters. The molecule has 2 unspecified atom stereocenters. The van der Waals surface area contributed by atoms with E-state index in [-0.39, 0.29) is 0 Å². The molecule has 7 aromatic rings. The molecule has 0 N–H and O–H groups in total. The minimum Gasteiger partial charge on any atom is -0.337 e. The number of hydrogen-bond acceptors (Lipinski definition) is 1. The minimum absolute atomic E-state index is 0.301. The van der Waals surface area contributed by atoms with E-state index in [9.17, 15) is 0 Å². The van der Waals surface area contributed by atoms with Gasteiger partial charge in [0.05, 0.1) is 17.1 Å². The number of fused-ring (bicyclic) bond motifs is 5. The van der Waals surface area contributed by atoms with Crippen molar-refractivity contribution < 1.29 is 0 Å². The Kier molecular flexibility index (Phi) is 6.80. The zero-order chi connectivity index (χ0) is 33.0. The fourth-order valence-electron chi connectivity index (χ4n) is 8.51. The lowest BCUT2D eigenvalue weighted by atomic mass is 9.85. The Hall–Kier alpha value is -6.12. The third-order valence-corrected chi connectivity index (χ3v) is 10.9. The summed E-state index contributed by atoms with van der Waals surface area (Å²) in [5.41, 5.74) is 15.6. The normalized spacial score (nSPS) is 18.1. The number of aromatic nitrogens is 1. The fraction of sp³-hybridized carbons (Fsp3) is 0.0833. The van der Waals surface area contributed by atoms with Crippen molar-refractivity contribution >= 4 is 33.1 Å². The first-order valence-corrected chi connectivity index (χ1v) is 17.7. The van der Waals surface area contributed by atoms with E-state index < -0.39 is 0 Å². The average Bonchev–Trinajstić information content (AvgIpc) is 3.71. The van der Waals surface area contributed by atoms with Crippen LogP contribution in [-0.4, -0.2) is 10.6 Å². The lowest BCUT2D eigenvalue weighted by molar-refractivity contribution is 0.681. The Labute approximate surface area is 293 Å². The summed E-state index contributed by atoms with van der Waals surface area (Å²) in [7, 11) is 0. The van der Waals surface area contributed by atoms with Gasteiger partial charge in [-0.15, -0.1) is 0 Å². The Balaban J connectivity index is 1.04. The van der Waals surface area contributed by atoms with E-state index in [1.165, 1.54) is 77.8 Å².